The summed E-state index contributed by atoms with van der Waals surface area (Å²) in [6.45, 7) is 2.70. The number of aryl methyl sites for hydroxylation is 2. The molecule has 0 aromatic heterocycles. The molecular formula is C24H22N2O2. The van der Waals surface area contributed by atoms with E-state index in [2.05, 4.69) is 5.32 Å². The smallest absolute Gasteiger partial charge is 0.258 e. The summed E-state index contributed by atoms with van der Waals surface area (Å²) in [6.07, 6.45) is 1.74. The standard InChI is InChI=1S/C24H22N2O2/c1-17-9-12-21(13-10-17)25-23(27)20-11-14-22-19(16-20)8-5-15-26(22)24(28)18-6-3-2-4-7-18/h2-4,6-7,9-14,16H,5,8,15H2,1H3,(H,25,27). The number of fused-ring (bicyclic) bond motifs is 1. The molecule has 140 valence electrons. The highest BCUT2D eigenvalue weighted by atomic mass is 16.2. The molecule has 0 aliphatic carbocycles. The number of hydrogen-bond donors (Lipinski definition) is 1. The highest BCUT2D eigenvalue weighted by Crippen LogP contribution is 2.29. The highest BCUT2D eigenvalue weighted by Gasteiger charge is 2.24. The molecule has 1 heterocycles. The predicted octanol–water partition coefficient (Wildman–Crippen LogP) is 4.84. The first kappa shape index (κ1) is 18.0. The number of anilines is 2. The summed E-state index contributed by atoms with van der Waals surface area (Å²) in [5.41, 5.74) is 5.13. The molecule has 0 unspecified atom stereocenters. The molecule has 1 aliphatic rings. The molecule has 1 aliphatic heterocycles. The summed E-state index contributed by atoms with van der Waals surface area (Å²) in [6, 6.07) is 22.6. The number of nitrogens with zero attached hydrogens (tertiary/aromatic N) is 1. The molecule has 28 heavy (non-hydrogen) atoms. The molecule has 2 amide bonds. The third-order valence-corrected chi connectivity index (χ3v) is 5.04. The molecule has 0 saturated carbocycles. The van der Waals surface area contributed by atoms with E-state index in [4.69, 9.17) is 0 Å². The predicted molar refractivity (Wildman–Crippen MR) is 112 cm³/mol. The number of benzene rings is 3. The Hall–Kier alpha value is -3.40. The minimum atomic E-state index is -0.141. The summed E-state index contributed by atoms with van der Waals surface area (Å²) in [5.74, 6) is -0.142. The Kier molecular flexibility index (Phi) is 4.94. The van der Waals surface area contributed by atoms with Crippen LogP contribution in [-0.4, -0.2) is 18.4 Å². The maximum Gasteiger partial charge on any atom is 0.258 e. The Bertz CT molecular complexity index is 1010. The summed E-state index contributed by atoms with van der Waals surface area (Å²) in [4.78, 5) is 27.3. The Morgan fingerprint density at radius 1 is 0.893 bits per heavy atom. The molecule has 0 atom stereocenters. The van der Waals surface area contributed by atoms with Crippen LogP contribution in [0.3, 0.4) is 0 Å². The average molecular weight is 370 g/mol. The summed E-state index contributed by atoms with van der Waals surface area (Å²) in [7, 11) is 0. The maximum absolute atomic E-state index is 12.9. The van der Waals surface area contributed by atoms with Crippen molar-refractivity contribution in [1.82, 2.24) is 0 Å². The molecule has 3 aromatic carbocycles. The van der Waals surface area contributed by atoms with Crippen molar-refractivity contribution in [3.63, 3.8) is 0 Å². The van der Waals surface area contributed by atoms with Gasteiger partial charge in [-0.1, -0.05) is 35.9 Å². The van der Waals surface area contributed by atoms with Crippen molar-refractivity contribution in [2.24, 2.45) is 0 Å². The van der Waals surface area contributed by atoms with Crippen LogP contribution in [0.4, 0.5) is 11.4 Å². The second-order valence-corrected chi connectivity index (χ2v) is 7.09. The van der Waals surface area contributed by atoms with Crippen LogP contribution < -0.4 is 10.2 Å². The van der Waals surface area contributed by atoms with Crippen LogP contribution in [0.15, 0.2) is 72.8 Å². The lowest BCUT2D eigenvalue weighted by atomic mass is 9.98. The SMILES string of the molecule is Cc1ccc(NC(=O)c2ccc3c(c2)CCCN3C(=O)c2ccccc2)cc1. The monoisotopic (exact) mass is 370 g/mol. The molecule has 0 bridgehead atoms. The van der Waals surface area contributed by atoms with Gasteiger partial charge < -0.3 is 10.2 Å². The Morgan fingerprint density at radius 3 is 2.39 bits per heavy atom. The van der Waals surface area contributed by atoms with Gasteiger partial charge in [-0.3, -0.25) is 9.59 Å². The second-order valence-electron chi connectivity index (χ2n) is 7.09. The molecule has 4 nitrogen and oxygen atoms in total. The van der Waals surface area contributed by atoms with Crippen molar-refractivity contribution in [2.75, 3.05) is 16.8 Å². The fourth-order valence-electron chi connectivity index (χ4n) is 3.53. The lowest BCUT2D eigenvalue weighted by Crippen LogP contribution is -2.35. The lowest BCUT2D eigenvalue weighted by molar-refractivity contribution is 0.0984. The van der Waals surface area contributed by atoms with E-state index in [-0.39, 0.29) is 11.8 Å². The summed E-state index contributed by atoms with van der Waals surface area (Å²) in [5, 5.41) is 2.93. The fraction of sp³-hybridized carbons (Fsp3) is 0.167. The topological polar surface area (TPSA) is 49.4 Å². The van der Waals surface area contributed by atoms with Gasteiger partial charge in [0.2, 0.25) is 0 Å². The number of carbonyl (C=O) groups excluding carboxylic acids is 2. The van der Waals surface area contributed by atoms with Gasteiger partial charge in [0, 0.05) is 29.0 Å². The van der Waals surface area contributed by atoms with Crippen LogP contribution in [-0.2, 0) is 6.42 Å². The van der Waals surface area contributed by atoms with E-state index in [1.165, 1.54) is 0 Å². The van der Waals surface area contributed by atoms with E-state index >= 15 is 0 Å². The van der Waals surface area contributed by atoms with E-state index in [0.717, 1.165) is 35.3 Å². The Morgan fingerprint density at radius 2 is 1.64 bits per heavy atom. The maximum atomic E-state index is 12.9. The summed E-state index contributed by atoms with van der Waals surface area (Å²) < 4.78 is 0. The van der Waals surface area contributed by atoms with Gasteiger partial charge >= 0.3 is 0 Å². The van der Waals surface area contributed by atoms with E-state index in [1.807, 2.05) is 78.6 Å². The zero-order valence-corrected chi connectivity index (χ0v) is 15.8. The van der Waals surface area contributed by atoms with Crippen molar-refractivity contribution in [1.29, 1.82) is 0 Å². The van der Waals surface area contributed by atoms with Gasteiger partial charge in [-0.05, 0) is 67.8 Å². The van der Waals surface area contributed by atoms with Gasteiger partial charge in [0.25, 0.3) is 11.8 Å². The first-order chi connectivity index (χ1) is 13.6. The average Bonchev–Trinajstić information content (AvgIpc) is 2.74. The van der Waals surface area contributed by atoms with E-state index in [1.54, 1.807) is 6.07 Å². The zero-order valence-electron chi connectivity index (χ0n) is 15.8. The molecule has 1 N–H and O–H groups in total. The minimum absolute atomic E-state index is 0.00148. The molecule has 4 heteroatoms. The molecule has 0 radical (unpaired) electrons. The van der Waals surface area contributed by atoms with Gasteiger partial charge in [-0.25, -0.2) is 0 Å². The first-order valence-electron chi connectivity index (χ1n) is 9.50. The van der Waals surface area contributed by atoms with Gasteiger partial charge in [0.1, 0.15) is 0 Å². The number of carbonyl (C=O) groups is 2. The van der Waals surface area contributed by atoms with Crippen LogP contribution in [0.2, 0.25) is 0 Å². The van der Waals surface area contributed by atoms with Crippen LogP contribution in [0.5, 0.6) is 0 Å². The number of amides is 2. The largest absolute Gasteiger partial charge is 0.322 e. The molecule has 3 aromatic rings. The van der Waals surface area contributed by atoms with Crippen molar-refractivity contribution in [2.45, 2.75) is 19.8 Å². The Balaban J connectivity index is 1.57. The molecule has 4 rings (SSSR count). The van der Waals surface area contributed by atoms with Gasteiger partial charge in [-0.2, -0.15) is 0 Å². The molecule has 0 spiro atoms. The fourth-order valence-corrected chi connectivity index (χ4v) is 3.53. The first-order valence-corrected chi connectivity index (χ1v) is 9.50. The number of nitrogens with one attached hydrogen (secondary N) is 1. The van der Waals surface area contributed by atoms with Crippen molar-refractivity contribution < 1.29 is 9.59 Å². The molecule has 0 fully saturated rings. The van der Waals surface area contributed by atoms with E-state index in [9.17, 15) is 9.59 Å². The lowest BCUT2D eigenvalue weighted by Gasteiger charge is -2.30. The normalized spacial score (nSPS) is 13.0. The quantitative estimate of drug-likeness (QED) is 0.717. The number of rotatable bonds is 3. The van der Waals surface area contributed by atoms with Crippen molar-refractivity contribution >= 4 is 23.2 Å². The minimum Gasteiger partial charge on any atom is -0.322 e. The third kappa shape index (κ3) is 3.67. The van der Waals surface area contributed by atoms with Gasteiger partial charge in [0.05, 0.1) is 0 Å². The number of hydrogen-bond acceptors (Lipinski definition) is 2. The second kappa shape index (κ2) is 7.69. The van der Waals surface area contributed by atoms with Gasteiger partial charge in [-0.15, -0.1) is 0 Å². The Labute approximate surface area is 164 Å². The zero-order chi connectivity index (χ0) is 19.5. The van der Waals surface area contributed by atoms with Crippen LogP contribution in [0.25, 0.3) is 0 Å². The van der Waals surface area contributed by atoms with Crippen LogP contribution in [0, 0.1) is 6.92 Å². The van der Waals surface area contributed by atoms with Gasteiger partial charge in [0.15, 0.2) is 0 Å². The van der Waals surface area contributed by atoms with Crippen LogP contribution >= 0.6 is 0 Å². The van der Waals surface area contributed by atoms with E-state index in [0.29, 0.717) is 17.7 Å². The van der Waals surface area contributed by atoms with Crippen molar-refractivity contribution in [3.05, 3.63) is 95.1 Å². The molecule has 0 saturated heterocycles. The van der Waals surface area contributed by atoms with E-state index < -0.39 is 0 Å². The third-order valence-electron chi connectivity index (χ3n) is 5.04. The van der Waals surface area contributed by atoms with Crippen LogP contribution in [0.1, 0.15) is 38.3 Å². The summed E-state index contributed by atoms with van der Waals surface area (Å²) >= 11 is 0. The molecular weight excluding hydrogens is 348 g/mol. The van der Waals surface area contributed by atoms with Crippen molar-refractivity contribution in [3.8, 4) is 0 Å². The highest BCUT2D eigenvalue weighted by molar-refractivity contribution is 6.08.